The van der Waals surface area contributed by atoms with Crippen molar-refractivity contribution in [3.05, 3.63) is 47.1 Å². The number of nitrogens with zero attached hydrogens (tertiary/aromatic N) is 2. The fourth-order valence-electron chi connectivity index (χ4n) is 1.72. The molecular weight excluding hydrogens is 304 g/mol. The fourth-order valence-corrected chi connectivity index (χ4v) is 1.95. The SMILES string of the molecule is CC(C)Oc1ccc(N(C)c2ccc(Br)cn2)cc1. The molecule has 0 amide bonds. The zero-order chi connectivity index (χ0) is 13.8. The molecule has 0 aliphatic carbocycles. The molecule has 100 valence electrons. The second kappa shape index (κ2) is 6.06. The van der Waals surface area contributed by atoms with E-state index in [1.54, 1.807) is 6.20 Å². The largest absolute Gasteiger partial charge is 0.491 e. The molecule has 2 aromatic rings. The summed E-state index contributed by atoms with van der Waals surface area (Å²) in [6.45, 7) is 4.04. The Morgan fingerprint density at radius 3 is 2.32 bits per heavy atom. The van der Waals surface area contributed by atoms with Crippen molar-refractivity contribution in [2.45, 2.75) is 20.0 Å². The van der Waals surface area contributed by atoms with Gasteiger partial charge in [-0.2, -0.15) is 0 Å². The highest BCUT2D eigenvalue weighted by Crippen LogP contribution is 2.25. The summed E-state index contributed by atoms with van der Waals surface area (Å²) in [5.74, 6) is 1.79. The average Bonchev–Trinajstić information content (AvgIpc) is 2.39. The van der Waals surface area contributed by atoms with E-state index < -0.39 is 0 Å². The van der Waals surface area contributed by atoms with Gasteiger partial charge < -0.3 is 9.64 Å². The molecule has 19 heavy (non-hydrogen) atoms. The summed E-state index contributed by atoms with van der Waals surface area (Å²) in [6, 6.07) is 12.0. The van der Waals surface area contributed by atoms with E-state index >= 15 is 0 Å². The van der Waals surface area contributed by atoms with Gasteiger partial charge in [-0.3, -0.25) is 0 Å². The molecule has 0 bridgehead atoms. The second-order valence-electron chi connectivity index (χ2n) is 4.55. The number of ether oxygens (including phenoxy) is 1. The molecule has 3 nitrogen and oxygen atoms in total. The minimum Gasteiger partial charge on any atom is -0.491 e. The van der Waals surface area contributed by atoms with E-state index in [4.69, 9.17) is 4.74 Å². The molecule has 4 heteroatoms. The Labute approximate surface area is 122 Å². The van der Waals surface area contributed by atoms with E-state index in [-0.39, 0.29) is 6.10 Å². The number of aromatic nitrogens is 1. The van der Waals surface area contributed by atoms with E-state index in [1.165, 1.54) is 0 Å². The minimum absolute atomic E-state index is 0.191. The smallest absolute Gasteiger partial charge is 0.132 e. The summed E-state index contributed by atoms with van der Waals surface area (Å²) in [6.07, 6.45) is 1.99. The van der Waals surface area contributed by atoms with E-state index in [0.717, 1.165) is 21.7 Å². The van der Waals surface area contributed by atoms with Crippen LogP contribution in [0.5, 0.6) is 5.75 Å². The average molecular weight is 321 g/mol. The third kappa shape index (κ3) is 3.70. The van der Waals surface area contributed by atoms with Crippen LogP contribution in [-0.2, 0) is 0 Å². The predicted octanol–water partition coefficient (Wildman–Crippen LogP) is 4.40. The number of hydrogen-bond acceptors (Lipinski definition) is 3. The Bertz CT molecular complexity index is 523. The third-order valence-electron chi connectivity index (χ3n) is 2.65. The summed E-state index contributed by atoms with van der Waals surface area (Å²) in [5.41, 5.74) is 1.07. The van der Waals surface area contributed by atoms with Gasteiger partial charge in [0.05, 0.1) is 6.10 Å². The lowest BCUT2D eigenvalue weighted by atomic mass is 10.2. The summed E-state index contributed by atoms with van der Waals surface area (Å²) < 4.78 is 6.61. The van der Waals surface area contributed by atoms with Crippen LogP contribution in [0.15, 0.2) is 47.1 Å². The molecule has 1 aromatic carbocycles. The highest BCUT2D eigenvalue weighted by molar-refractivity contribution is 9.10. The molecule has 2 rings (SSSR count). The van der Waals surface area contributed by atoms with Gasteiger partial charge in [0.15, 0.2) is 0 Å². The van der Waals surface area contributed by atoms with Crippen molar-refractivity contribution in [2.24, 2.45) is 0 Å². The maximum atomic E-state index is 5.63. The Balaban J connectivity index is 2.15. The fraction of sp³-hybridized carbons (Fsp3) is 0.267. The van der Waals surface area contributed by atoms with E-state index in [0.29, 0.717) is 0 Å². The molecule has 0 radical (unpaired) electrons. The number of anilines is 2. The third-order valence-corrected chi connectivity index (χ3v) is 3.12. The minimum atomic E-state index is 0.191. The van der Waals surface area contributed by atoms with Crippen LogP contribution in [-0.4, -0.2) is 18.1 Å². The van der Waals surface area contributed by atoms with Crippen LogP contribution in [0.3, 0.4) is 0 Å². The number of halogens is 1. The lowest BCUT2D eigenvalue weighted by Gasteiger charge is -2.19. The summed E-state index contributed by atoms with van der Waals surface area (Å²) >= 11 is 3.39. The molecule has 1 aromatic heterocycles. The summed E-state index contributed by atoms with van der Waals surface area (Å²) in [7, 11) is 1.99. The molecule has 0 aliphatic heterocycles. The molecule has 0 saturated heterocycles. The first-order valence-corrected chi connectivity index (χ1v) is 6.97. The molecular formula is C15H17BrN2O. The lowest BCUT2D eigenvalue weighted by Crippen LogP contribution is -2.11. The first kappa shape index (κ1) is 13.9. The maximum absolute atomic E-state index is 5.63. The monoisotopic (exact) mass is 320 g/mol. The molecule has 0 unspecified atom stereocenters. The molecule has 0 atom stereocenters. The number of hydrogen-bond donors (Lipinski definition) is 0. The van der Waals surface area contributed by atoms with Crippen LogP contribution in [0.1, 0.15) is 13.8 Å². The molecule has 0 fully saturated rings. The van der Waals surface area contributed by atoms with Gasteiger partial charge in [-0.05, 0) is 66.2 Å². The summed E-state index contributed by atoms with van der Waals surface area (Å²) in [5, 5.41) is 0. The van der Waals surface area contributed by atoms with Crippen molar-refractivity contribution in [1.29, 1.82) is 0 Å². The second-order valence-corrected chi connectivity index (χ2v) is 5.47. The standard InChI is InChI=1S/C15H17BrN2O/c1-11(2)19-14-7-5-13(6-8-14)18(3)15-9-4-12(16)10-17-15/h4-11H,1-3H3. The first-order valence-electron chi connectivity index (χ1n) is 6.18. The predicted molar refractivity (Wildman–Crippen MR) is 82.2 cm³/mol. The maximum Gasteiger partial charge on any atom is 0.132 e. The van der Waals surface area contributed by atoms with Gasteiger partial charge in [0.25, 0.3) is 0 Å². The van der Waals surface area contributed by atoms with E-state index in [1.807, 2.05) is 62.2 Å². The number of benzene rings is 1. The van der Waals surface area contributed by atoms with Crippen molar-refractivity contribution < 1.29 is 4.74 Å². The number of pyridine rings is 1. The molecule has 0 aliphatic rings. The highest BCUT2D eigenvalue weighted by Gasteiger charge is 2.05. The molecule has 0 spiro atoms. The van der Waals surface area contributed by atoms with E-state index in [9.17, 15) is 0 Å². The Morgan fingerprint density at radius 2 is 1.79 bits per heavy atom. The lowest BCUT2D eigenvalue weighted by molar-refractivity contribution is 0.242. The highest BCUT2D eigenvalue weighted by atomic mass is 79.9. The van der Waals surface area contributed by atoms with Gasteiger partial charge in [0, 0.05) is 23.4 Å². The zero-order valence-corrected chi connectivity index (χ0v) is 12.9. The van der Waals surface area contributed by atoms with Crippen molar-refractivity contribution in [2.75, 3.05) is 11.9 Å². The van der Waals surface area contributed by atoms with Crippen LogP contribution >= 0.6 is 15.9 Å². The number of rotatable bonds is 4. The van der Waals surface area contributed by atoms with E-state index in [2.05, 4.69) is 20.9 Å². The Morgan fingerprint density at radius 1 is 1.11 bits per heavy atom. The van der Waals surface area contributed by atoms with Gasteiger partial charge in [-0.15, -0.1) is 0 Å². The van der Waals surface area contributed by atoms with Gasteiger partial charge in [-0.1, -0.05) is 0 Å². The van der Waals surface area contributed by atoms with Crippen molar-refractivity contribution >= 4 is 27.4 Å². The molecule has 0 saturated carbocycles. The van der Waals surface area contributed by atoms with Crippen LogP contribution in [0.4, 0.5) is 11.5 Å². The van der Waals surface area contributed by atoms with Crippen molar-refractivity contribution in [3.63, 3.8) is 0 Å². The van der Waals surface area contributed by atoms with Gasteiger partial charge in [0.2, 0.25) is 0 Å². The van der Waals surface area contributed by atoms with Crippen molar-refractivity contribution in [3.8, 4) is 5.75 Å². The Hall–Kier alpha value is -1.55. The summed E-state index contributed by atoms with van der Waals surface area (Å²) in [4.78, 5) is 6.41. The van der Waals surface area contributed by atoms with Crippen molar-refractivity contribution in [1.82, 2.24) is 4.98 Å². The van der Waals surface area contributed by atoms with Crippen LogP contribution in [0.2, 0.25) is 0 Å². The molecule has 1 heterocycles. The van der Waals surface area contributed by atoms with Crippen LogP contribution in [0, 0.1) is 0 Å². The topological polar surface area (TPSA) is 25.4 Å². The first-order chi connectivity index (χ1) is 9.06. The zero-order valence-electron chi connectivity index (χ0n) is 11.3. The quantitative estimate of drug-likeness (QED) is 0.834. The normalized spacial score (nSPS) is 10.6. The van der Waals surface area contributed by atoms with Gasteiger partial charge in [0.1, 0.15) is 11.6 Å². The van der Waals surface area contributed by atoms with Crippen LogP contribution in [0.25, 0.3) is 0 Å². The Kier molecular flexibility index (Phi) is 4.43. The van der Waals surface area contributed by atoms with Gasteiger partial charge >= 0.3 is 0 Å². The van der Waals surface area contributed by atoms with Crippen LogP contribution < -0.4 is 9.64 Å². The van der Waals surface area contributed by atoms with Gasteiger partial charge in [-0.25, -0.2) is 4.98 Å². The molecule has 0 N–H and O–H groups in total.